The fourth-order valence-electron chi connectivity index (χ4n) is 3.61. The molecule has 1 aliphatic rings. The van der Waals surface area contributed by atoms with Crippen molar-refractivity contribution in [1.82, 2.24) is 19.9 Å². The number of benzene rings is 1. The minimum atomic E-state index is -0.285. The number of halogens is 1. The molecule has 0 atom stereocenters. The summed E-state index contributed by atoms with van der Waals surface area (Å²) in [6.45, 7) is 4.40. The maximum Gasteiger partial charge on any atom is 0.255 e. The van der Waals surface area contributed by atoms with Gasteiger partial charge in [0.25, 0.3) is 5.56 Å². The van der Waals surface area contributed by atoms with E-state index in [1.165, 1.54) is 0 Å². The lowest BCUT2D eigenvalue weighted by Gasteiger charge is -2.36. The zero-order valence-corrected chi connectivity index (χ0v) is 17.4. The van der Waals surface area contributed by atoms with E-state index in [0.29, 0.717) is 35.2 Å². The lowest BCUT2D eigenvalue weighted by Crippen LogP contribution is -2.49. The Balaban J connectivity index is 1.43. The number of pyridine rings is 1. The summed E-state index contributed by atoms with van der Waals surface area (Å²) in [5.74, 6) is 0.391. The molecule has 0 aliphatic carbocycles. The highest BCUT2D eigenvalue weighted by molar-refractivity contribution is 6.30. The van der Waals surface area contributed by atoms with Crippen LogP contribution in [0.25, 0.3) is 11.4 Å². The molecule has 1 amide bonds. The second-order valence-corrected chi connectivity index (χ2v) is 7.68. The smallest absolute Gasteiger partial charge is 0.255 e. The van der Waals surface area contributed by atoms with Gasteiger partial charge in [0.2, 0.25) is 5.91 Å². The summed E-state index contributed by atoms with van der Waals surface area (Å²) in [6.07, 6.45) is 3.34. The predicted molar refractivity (Wildman–Crippen MR) is 117 cm³/mol. The largest absolute Gasteiger partial charge is 0.368 e. The molecule has 3 heterocycles. The number of amides is 1. The van der Waals surface area contributed by atoms with E-state index in [-0.39, 0.29) is 17.9 Å². The van der Waals surface area contributed by atoms with E-state index in [1.54, 1.807) is 30.3 Å². The molecule has 1 aliphatic heterocycles. The zero-order chi connectivity index (χ0) is 21.1. The summed E-state index contributed by atoms with van der Waals surface area (Å²) in [7, 11) is 0. The maximum atomic E-state index is 12.8. The number of carbonyl (C=O) groups excluding carboxylic acids is 1. The summed E-state index contributed by atoms with van der Waals surface area (Å²) in [5.41, 5.74) is 2.46. The molecule has 8 heteroatoms. The molecule has 0 unspecified atom stereocenters. The Morgan fingerprint density at radius 1 is 1.17 bits per heavy atom. The molecule has 154 valence electrons. The van der Waals surface area contributed by atoms with Crippen LogP contribution in [0.15, 0.2) is 53.6 Å². The van der Waals surface area contributed by atoms with Gasteiger partial charge in [0.15, 0.2) is 0 Å². The molecule has 0 spiro atoms. The van der Waals surface area contributed by atoms with Gasteiger partial charge < -0.3 is 14.8 Å². The minimum absolute atomic E-state index is 0.0403. The van der Waals surface area contributed by atoms with Crippen molar-refractivity contribution < 1.29 is 4.79 Å². The number of hydrogen-bond acceptors (Lipinski definition) is 5. The van der Waals surface area contributed by atoms with Gasteiger partial charge in [-0.25, -0.2) is 4.98 Å². The fraction of sp³-hybridized carbons (Fsp3) is 0.273. The van der Waals surface area contributed by atoms with Gasteiger partial charge in [0.1, 0.15) is 5.82 Å². The molecule has 0 saturated carbocycles. The van der Waals surface area contributed by atoms with Crippen molar-refractivity contribution in [2.75, 3.05) is 31.1 Å². The van der Waals surface area contributed by atoms with Crippen molar-refractivity contribution >= 4 is 23.2 Å². The molecular weight excluding hydrogens is 402 g/mol. The molecule has 0 bridgehead atoms. The Hall–Kier alpha value is -3.19. The first kappa shape index (κ1) is 20.1. The number of aromatic nitrogens is 3. The molecule has 1 N–H and O–H groups in total. The third-order valence-corrected chi connectivity index (χ3v) is 5.53. The van der Waals surface area contributed by atoms with Crippen LogP contribution in [0.5, 0.6) is 0 Å². The minimum Gasteiger partial charge on any atom is -0.368 e. The molecule has 30 heavy (non-hydrogen) atoms. The first-order valence-corrected chi connectivity index (χ1v) is 10.2. The number of nitrogens with one attached hydrogen (secondary N) is 1. The number of aromatic amines is 1. The van der Waals surface area contributed by atoms with Crippen LogP contribution in [0, 0.1) is 6.92 Å². The van der Waals surface area contributed by atoms with Crippen LogP contribution < -0.4 is 10.5 Å². The number of piperazine rings is 1. The topological polar surface area (TPSA) is 82.2 Å². The van der Waals surface area contributed by atoms with Crippen LogP contribution in [0.3, 0.4) is 0 Å². The Labute approximate surface area is 179 Å². The Morgan fingerprint density at radius 3 is 2.63 bits per heavy atom. The van der Waals surface area contributed by atoms with Crippen LogP contribution in [-0.2, 0) is 11.2 Å². The SMILES string of the molecule is Cc1nc(-c2cccnc2)[nH]c(=O)c1CC(=O)N1CCN(c2cccc(Cl)c2)CC1. The van der Waals surface area contributed by atoms with E-state index in [0.717, 1.165) is 24.3 Å². The number of anilines is 1. The van der Waals surface area contributed by atoms with Gasteiger partial charge in [-0.1, -0.05) is 17.7 Å². The Bertz CT molecular complexity index is 1110. The quantitative estimate of drug-likeness (QED) is 0.697. The second kappa shape index (κ2) is 8.67. The number of rotatable bonds is 4. The monoisotopic (exact) mass is 423 g/mol. The van der Waals surface area contributed by atoms with E-state index < -0.39 is 0 Å². The van der Waals surface area contributed by atoms with Gasteiger partial charge in [-0.05, 0) is 37.3 Å². The first-order valence-electron chi connectivity index (χ1n) is 9.80. The summed E-state index contributed by atoms with van der Waals surface area (Å²) < 4.78 is 0. The summed E-state index contributed by atoms with van der Waals surface area (Å²) in [6, 6.07) is 11.3. The highest BCUT2D eigenvalue weighted by Gasteiger charge is 2.23. The van der Waals surface area contributed by atoms with Gasteiger partial charge in [0, 0.05) is 66.1 Å². The van der Waals surface area contributed by atoms with Crippen molar-refractivity contribution in [2.24, 2.45) is 0 Å². The molecule has 7 nitrogen and oxygen atoms in total. The number of nitrogens with zero attached hydrogens (tertiary/aromatic N) is 4. The van der Waals surface area contributed by atoms with E-state index in [2.05, 4.69) is 19.9 Å². The zero-order valence-electron chi connectivity index (χ0n) is 16.6. The second-order valence-electron chi connectivity index (χ2n) is 7.24. The van der Waals surface area contributed by atoms with E-state index in [1.807, 2.05) is 30.3 Å². The third kappa shape index (κ3) is 4.36. The molecule has 1 saturated heterocycles. The first-order chi connectivity index (χ1) is 14.5. The number of carbonyl (C=O) groups is 1. The van der Waals surface area contributed by atoms with Crippen molar-refractivity contribution in [3.63, 3.8) is 0 Å². The van der Waals surface area contributed by atoms with E-state index in [9.17, 15) is 9.59 Å². The van der Waals surface area contributed by atoms with E-state index >= 15 is 0 Å². The lowest BCUT2D eigenvalue weighted by atomic mass is 10.1. The fourth-order valence-corrected chi connectivity index (χ4v) is 3.79. The molecule has 0 radical (unpaired) electrons. The van der Waals surface area contributed by atoms with Gasteiger partial charge >= 0.3 is 0 Å². The number of aryl methyl sites for hydroxylation is 1. The third-order valence-electron chi connectivity index (χ3n) is 5.29. The summed E-state index contributed by atoms with van der Waals surface area (Å²) in [5, 5.41) is 0.697. The molecule has 3 aromatic rings. The van der Waals surface area contributed by atoms with Gasteiger partial charge in [0.05, 0.1) is 6.42 Å². The van der Waals surface area contributed by atoms with Crippen LogP contribution in [0.2, 0.25) is 5.02 Å². The highest BCUT2D eigenvalue weighted by atomic mass is 35.5. The lowest BCUT2D eigenvalue weighted by molar-refractivity contribution is -0.130. The predicted octanol–water partition coefficient (Wildman–Crippen LogP) is 2.69. The maximum absolute atomic E-state index is 12.8. The van der Waals surface area contributed by atoms with Crippen LogP contribution in [-0.4, -0.2) is 51.9 Å². The molecule has 1 fully saturated rings. The molecule has 2 aromatic heterocycles. The summed E-state index contributed by atoms with van der Waals surface area (Å²) >= 11 is 6.08. The van der Waals surface area contributed by atoms with Crippen molar-refractivity contribution in [3.8, 4) is 11.4 Å². The van der Waals surface area contributed by atoms with Crippen molar-refractivity contribution in [3.05, 3.63) is 75.4 Å². The Morgan fingerprint density at radius 2 is 1.97 bits per heavy atom. The molecule has 4 rings (SSSR count). The van der Waals surface area contributed by atoms with Gasteiger partial charge in [-0.3, -0.25) is 14.6 Å². The van der Waals surface area contributed by atoms with Crippen molar-refractivity contribution in [2.45, 2.75) is 13.3 Å². The van der Waals surface area contributed by atoms with Crippen molar-refractivity contribution in [1.29, 1.82) is 0 Å². The molecular formula is C22H22ClN5O2. The number of hydrogen-bond donors (Lipinski definition) is 1. The normalized spacial score (nSPS) is 14.1. The van der Waals surface area contributed by atoms with Crippen LogP contribution in [0.1, 0.15) is 11.3 Å². The van der Waals surface area contributed by atoms with Crippen LogP contribution in [0.4, 0.5) is 5.69 Å². The average Bonchev–Trinajstić information content (AvgIpc) is 2.76. The summed E-state index contributed by atoms with van der Waals surface area (Å²) in [4.78, 5) is 40.7. The number of H-pyrrole nitrogens is 1. The standard InChI is InChI=1S/C22H22ClN5O2/c1-15-19(22(30)26-21(25-15)16-4-3-7-24-14-16)13-20(29)28-10-8-27(9-11-28)18-6-2-5-17(23)12-18/h2-7,12,14H,8-11,13H2,1H3,(H,25,26,30). The Kier molecular flexibility index (Phi) is 5.81. The van der Waals surface area contributed by atoms with Gasteiger partial charge in [-0.2, -0.15) is 0 Å². The average molecular weight is 424 g/mol. The van der Waals surface area contributed by atoms with Gasteiger partial charge in [-0.15, -0.1) is 0 Å². The highest BCUT2D eigenvalue weighted by Crippen LogP contribution is 2.21. The van der Waals surface area contributed by atoms with E-state index in [4.69, 9.17) is 11.6 Å². The van der Waals surface area contributed by atoms with Crippen LogP contribution >= 0.6 is 11.6 Å². The molecule has 1 aromatic carbocycles.